The van der Waals surface area contributed by atoms with E-state index in [9.17, 15) is 8.42 Å². The number of pyridine rings is 1. The summed E-state index contributed by atoms with van der Waals surface area (Å²) in [6.45, 7) is 4.49. The van der Waals surface area contributed by atoms with E-state index in [0.717, 1.165) is 10.4 Å². The number of rotatable bonds is 8. The molecule has 0 unspecified atom stereocenters. The van der Waals surface area contributed by atoms with Gasteiger partial charge in [0.1, 0.15) is 28.0 Å². The van der Waals surface area contributed by atoms with E-state index >= 15 is 0 Å². The lowest BCUT2D eigenvalue weighted by Crippen LogP contribution is -2.28. The largest absolute Gasteiger partial charge is 0.369 e. The molecule has 0 atom stereocenters. The summed E-state index contributed by atoms with van der Waals surface area (Å²) in [7, 11) is -3.47. The topological polar surface area (TPSA) is 109 Å². The highest BCUT2D eigenvalue weighted by Gasteiger charge is 2.15. The van der Waals surface area contributed by atoms with Gasteiger partial charge in [-0.3, -0.25) is 0 Å². The molecule has 142 valence electrons. The van der Waals surface area contributed by atoms with Crippen LogP contribution in [0.5, 0.6) is 0 Å². The Hall–Kier alpha value is -2.56. The lowest BCUT2D eigenvalue weighted by Gasteiger charge is -2.09. The second-order valence-electron chi connectivity index (χ2n) is 5.82. The predicted molar refractivity (Wildman–Crippen MR) is 107 cm³/mol. The maximum atomic E-state index is 12.2. The normalized spacial score (nSPS) is 11.3. The summed E-state index contributed by atoms with van der Waals surface area (Å²) < 4.78 is 27.2. The summed E-state index contributed by atoms with van der Waals surface area (Å²) in [4.78, 5) is 13.5. The van der Waals surface area contributed by atoms with Crippen LogP contribution >= 0.6 is 11.3 Å². The number of thiophene rings is 1. The molecule has 3 rings (SSSR count). The van der Waals surface area contributed by atoms with Gasteiger partial charge in [-0.1, -0.05) is 0 Å². The van der Waals surface area contributed by atoms with Crippen LogP contribution in [0.25, 0.3) is 0 Å². The fourth-order valence-corrected chi connectivity index (χ4v) is 4.62. The van der Waals surface area contributed by atoms with Gasteiger partial charge in [-0.2, -0.15) is 0 Å². The van der Waals surface area contributed by atoms with Crippen molar-refractivity contribution in [3.8, 4) is 0 Å². The third-order valence-electron chi connectivity index (χ3n) is 3.54. The van der Waals surface area contributed by atoms with E-state index in [1.807, 2.05) is 26.0 Å². The molecule has 10 heteroatoms. The van der Waals surface area contributed by atoms with Crippen LogP contribution in [0.1, 0.15) is 10.4 Å². The zero-order chi connectivity index (χ0) is 19.3. The second-order valence-corrected chi connectivity index (χ2v) is 9.10. The van der Waals surface area contributed by atoms with Gasteiger partial charge in [-0.15, -0.1) is 11.3 Å². The highest BCUT2D eigenvalue weighted by Crippen LogP contribution is 2.20. The maximum Gasteiger partial charge on any atom is 0.250 e. The number of sulfonamides is 1. The van der Waals surface area contributed by atoms with E-state index in [1.54, 1.807) is 24.4 Å². The van der Waals surface area contributed by atoms with Gasteiger partial charge in [0, 0.05) is 30.2 Å². The van der Waals surface area contributed by atoms with Crippen LogP contribution in [-0.4, -0.2) is 36.5 Å². The monoisotopic (exact) mass is 404 g/mol. The van der Waals surface area contributed by atoms with Gasteiger partial charge in [-0.25, -0.2) is 28.1 Å². The average molecular weight is 405 g/mol. The van der Waals surface area contributed by atoms with Gasteiger partial charge >= 0.3 is 0 Å². The van der Waals surface area contributed by atoms with Crippen molar-refractivity contribution >= 4 is 38.8 Å². The molecule has 0 spiro atoms. The number of hydrogen-bond donors (Lipinski definition) is 3. The van der Waals surface area contributed by atoms with Crippen molar-refractivity contribution in [2.24, 2.45) is 0 Å². The number of hydrogen-bond acceptors (Lipinski definition) is 8. The third-order valence-corrected chi connectivity index (χ3v) is 6.50. The number of aromatic nitrogens is 3. The Morgan fingerprint density at radius 3 is 2.48 bits per heavy atom. The van der Waals surface area contributed by atoms with Crippen LogP contribution in [0.15, 0.2) is 47.1 Å². The number of nitrogens with one attached hydrogen (secondary N) is 3. The van der Waals surface area contributed by atoms with Gasteiger partial charge in [0.15, 0.2) is 0 Å². The molecule has 0 amide bonds. The van der Waals surface area contributed by atoms with E-state index in [1.165, 1.54) is 17.7 Å². The van der Waals surface area contributed by atoms with E-state index in [0.29, 0.717) is 28.2 Å². The maximum absolute atomic E-state index is 12.2. The Kier molecular flexibility index (Phi) is 5.99. The number of anilines is 3. The molecule has 3 aromatic rings. The summed E-state index contributed by atoms with van der Waals surface area (Å²) in [6.07, 6.45) is 3.15. The van der Waals surface area contributed by atoms with Crippen molar-refractivity contribution in [1.82, 2.24) is 19.7 Å². The van der Waals surface area contributed by atoms with Gasteiger partial charge in [0.2, 0.25) is 10.0 Å². The zero-order valence-corrected chi connectivity index (χ0v) is 16.6. The molecule has 0 saturated heterocycles. The molecule has 8 nitrogen and oxygen atoms in total. The molecule has 0 aliphatic carbocycles. The van der Waals surface area contributed by atoms with Gasteiger partial charge in [0.05, 0.1) is 0 Å². The molecule has 0 radical (unpaired) electrons. The summed E-state index contributed by atoms with van der Waals surface area (Å²) in [6, 6.07) is 8.96. The van der Waals surface area contributed by atoms with Gasteiger partial charge < -0.3 is 10.6 Å². The van der Waals surface area contributed by atoms with E-state index in [-0.39, 0.29) is 6.54 Å². The average Bonchev–Trinajstić information content (AvgIpc) is 3.07. The molecule has 0 fully saturated rings. The quantitative estimate of drug-likeness (QED) is 0.495. The molecular weight excluding hydrogens is 384 g/mol. The van der Waals surface area contributed by atoms with Crippen LogP contribution in [0.4, 0.5) is 17.5 Å². The molecule has 3 N–H and O–H groups in total. The molecule has 3 aromatic heterocycles. The Labute approximate surface area is 162 Å². The number of nitrogens with zero attached hydrogens (tertiary/aromatic N) is 3. The van der Waals surface area contributed by atoms with Gasteiger partial charge in [0.25, 0.3) is 0 Å². The standard InChI is InChI=1S/C17H20N6O2S2/c1-12-5-6-18-15(9-12)23-16-10-14(20-11-21-16)19-7-8-22-27(24,25)17-4-3-13(2)26-17/h3-6,9-11,22H,7-8H2,1-2H3,(H2,18,19,20,21,23). The van der Waals surface area contributed by atoms with E-state index in [2.05, 4.69) is 30.3 Å². The molecule has 0 saturated carbocycles. The van der Waals surface area contributed by atoms with Crippen molar-refractivity contribution in [3.05, 3.63) is 53.3 Å². The van der Waals surface area contributed by atoms with Gasteiger partial charge in [-0.05, 0) is 43.7 Å². The molecule has 0 bridgehead atoms. The van der Waals surface area contributed by atoms with Crippen molar-refractivity contribution in [1.29, 1.82) is 0 Å². The Balaban J connectivity index is 1.53. The second kappa shape index (κ2) is 8.42. The van der Waals surface area contributed by atoms with Crippen molar-refractivity contribution < 1.29 is 8.42 Å². The van der Waals surface area contributed by atoms with Crippen LogP contribution in [0.3, 0.4) is 0 Å². The molecule has 27 heavy (non-hydrogen) atoms. The third kappa shape index (κ3) is 5.46. The Morgan fingerprint density at radius 2 is 1.74 bits per heavy atom. The Bertz CT molecular complexity index is 1020. The lowest BCUT2D eigenvalue weighted by molar-refractivity contribution is 0.585. The fraction of sp³-hybridized carbons (Fsp3) is 0.235. The summed E-state index contributed by atoms with van der Waals surface area (Å²) in [5.74, 6) is 1.88. The van der Waals surface area contributed by atoms with Crippen molar-refractivity contribution in [2.45, 2.75) is 18.1 Å². The van der Waals surface area contributed by atoms with Crippen LogP contribution in [-0.2, 0) is 10.0 Å². The first kappa shape index (κ1) is 19.2. The number of aryl methyl sites for hydroxylation is 2. The summed E-state index contributed by atoms with van der Waals surface area (Å²) in [5.41, 5.74) is 1.09. The highest BCUT2D eigenvalue weighted by molar-refractivity contribution is 7.91. The molecule has 3 heterocycles. The minimum absolute atomic E-state index is 0.242. The Morgan fingerprint density at radius 1 is 0.963 bits per heavy atom. The minimum Gasteiger partial charge on any atom is -0.369 e. The van der Waals surface area contributed by atoms with Crippen LogP contribution < -0.4 is 15.4 Å². The van der Waals surface area contributed by atoms with Crippen molar-refractivity contribution in [2.75, 3.05) is 23.7 Å². The first-order valence-electron chi connectivity index (χ1n) is 8.24. The van der Waals surface area contributed by atoms with E-state index < -0.39 is 10.0 Å². The SMILES string of the molecule is Cc1ccnc(Nc2cc(NCCNS(=O)(=O)c3ccc(C)s3)ncn2)c1. The predicted octanol–water partition coefficient (Wildman–Crippen LogP) is 2.68. The molecule has 0 aromatic carbocycles. The summed E-state index contributed by atoms with van der Waals surface area (Å²) in [5, 5.41) is 6.19. The van der Waals surface area contributed by atoms with Crippen LogP contribution in [0.2, 0.25) is 0 Å². The molecular formula is C17H20N6O2S2. The first-order chi connectivity index (χ1) is 12.9. The zero-order valence-electron chi connectivity index (χ0n) is 14.9. The molecule has 0 aliphatic rings. The fourth-order valence-electron chi connectivity index (χ4n) is 2.26. The summed E-state index contributed by atoms with van der Waals surface area (Å²) >= 11 is 1.25. The smallest absolute Gasteiger partial charge is 0.250 e. The highest BCUT2D eigenvalue weighted by atomic mass is 32.2. The van der Waals surface area contributed by atoms with Crippen LogP contribution in [0, 0.1) is 13.8 Å². The first-order valence-corrected chi connectivity index (χ1v) is 10.5. The van der Waals surface area contributed by atoms with E-state index in [4.69, 9.17) is 0 Å². The minimum atomic E-state index is -3.47. The molecule has 0 aliphatic heterocycles. The lowest BCUT2D eigenvalue weighted by atomic mass is 10.3. The van der Waals surface area contributed by atoms with Crippen molar-refractivity contribution in [3.63, 3.8) is 0 Å².